The lowest BCUT2D eigenvalue weighted by molar-refractivity contribution is -0.132. The zero-order chi connectivity index (χ0) is 11.9. The van der Waals surface area contributed by atoms with Crippen molar-refractivity contribution in [1.29, 1.82) is 5.26 Å². The Morgan fingerprint density at radius 2 is 1.67 bits per heavy atom. The number of aldehydes is 2. The third-order valence-electron chi connectivity index (χ3n) is 1.16. The summed E-state index contributed by atoms with van der Waals surface area (Å²) in [6.07, 6.45) is 1.13. The molecule has 5 nitrogen and oxygen atoms in total. The summed E-state index contributed by atoms with van der Waals surface area (Å²) in [7, 11) is 0. The molecule has 0 fully saturated rings. The number of hydrogen-bond donors (Lipinski definition) is 0. The van der Waals surface area contributed by atoms with Crippen LogP contribution < -0.4 is 0 Å². The normalized spacial score (nSPS) is 8.67. The zero-order valence-electron chi connectivity index (χ0n) is 9.14. The summed E-state index contributed by atoms with van der Waals surface area (Å²) in [5, 5.41) is 8.28. The summed E-state index contributed by atoms with van der Waals surface area (Å²) in [4.78, 5) is 18.3. The minimum absolute atomic E-state index is 0.0278. The molecule has 15 heavy (non-hydrogen) atoms. The molecular formula is C10H17NO4. The molecule has 0 rings (SSSR count). The molecule has 0 radical (unpaired) electrons. The van der Waals surface area contributed by atoms with E-state index in [2.05, 4.69) is 0 Å². The van der Waals surface area contributed by atoms with E-state index in [1.54, 1.807) is 0 Å². The number of hydrogen-bond acceptors (Lipinski definition) is 5. The summed E-state index contributed by atoms with van der Waals surface area (Å²) in [6.45, 7) is 4.94. The molecule has 0 bridgehead atoms. The average molecular weight is 215 g/mol. The zero-order valence-corrected chi connectivity index (χ0v) is 9.14. The van der Waals surface area contributed by atoms with Crippen LogP contribution in [-0.2, 0) is 19.1 Å². The maximum absolute atomic E-state index is 9.17. The lowest BCUT2D eigenvalue weighted by atomic mass is 10.4. The summed E-state index contributed by atoms with van der Waals surface area (Å²) in [5.74, 6) is 0. The van der Waals surface area contributed by atoms with Crippen LogP contribution in [0.4, 0.5) is 0 Å². The molecule has 0 aliphatic rings. The van der Waals surface area contributed by atoms with Gasteiger partial charge >= 0.3 is 0 Å². The summed E-state index contributed by atoms with van der Waals surface area (Å²) >= 11 is 0. The van der Waals surface area contributed by atoms with E-state index in [9.17, 15) is 9.59 Å². The van der Waals surface area contributed by atoms with Crippen LogP contribution in [0.5, 0.6) is 0 Å². The van der Waals surface area contributed by atoms with Gasteiger partial charge in [-0.3, -0.25) is 0 Å². The van der Waals surface area contributed by atoms with Crippen LogP contribution in [-0.4, -0.2) is 32.1 Å². The largest absolute Gasteiger partial charge is 0.352 e. The fourth-order valence-electron chi connectivity index (χ4n) is 0.652. The van der Waals surface area contributed by atoms with Crippen molar-refractivity contribution in [3.63, 3.8) is 0 Å². The minimum Gasteiger partial charge on any atom is -0.352 e. The van der Waals surface area contributed by atoms with Gasteiger partial charge in [-0.25, -0.2) is 0 Å². The van der Waals surface area contributed by atoms with Crippen molar-refractivity contribution < 1.29 is 19.1 Å². The Morgan fingerprint density at radius 1 is 1.20 bits per heavy atom. The van der Waals surface area contributed by atoms with Crippen molar-refractivity contribution >= 4 is 12.6 Å². The van der Waals surface area contributed by atoms with E-state index in [1.165, 1.54) is 0 Å². The van der Waals surface area contributed by atoms with Crippen molar-refractivity contribution in [3.8, 4) is 6.07 Å². The predicted octanol–water partition coefficient (Wildman–Crippen LogP) is 1.07. The molecule has 0 heterocycles. The van der Waals surface area contributed by atoms with Gasteiger partial charge in [0.05, 0.1) is 18.9 Å². The van der Waals surface area contributed by atoms with Gasteiger partial charge in [0, 0.05) is 13.2 Å². The highest BCUT2D eigenvalue weighted by molar-refractivity contribution is 5.72. The van der Waals surface area contributed by atoms with Gasteiger partial charge in [0.2, 0.25) is 0 Å². The number of carbonyl (C=O) groups is 2. The standard InChI is InChI=1S/C7H13NO2.C3H4O2/c1-3-9-7(5-6-8)10-4-2;4-2-1-3-5/h7H,3-5H2,1-2H3;2-3H,1H2. The first-order valence-corrected chi connectivity index (χ1v) is 4.74. The number of ether oxygens (including phenoxy) is 2. The first-order chi connectivity index (χ1) is 7.26. The minimum atomic E-state index is -0.333. The first kappa shape index (κ1) is 16.2. The molecule has 0 amide bonds. The summed E-state index contributed by atoms with van der Waals surface area (Å²) in [5.41, 5.74) is 0. The Labute approximate surface area is 90.0 Å². The van der Waals surface area contributed by atoms with Gasteiger partial charge in [0.1, 0.15) is 12.6 Å². The maximum Gasteiger partial charge on any atom is 0.170 e. The van der Waals surface area contributed by atoms with Crippen LogP contribution in [0.3, 0.4) is 0 Å². The molecule has 0 aromatic rings. The molecule has 0 spiro atoms. The number of carbonyl (C=O) groups excluding carboxylic acids is 2. The van der Waals surface area contributed by atoms with Gasteiger partial charge < -0.3 is 19.1 Å². The van der Waals surface area contributed by atoms with Crippen LogP contribution in [0.25, 0.3) is 0 Å². The Bertz CT molecular complexity index is 176. The van der Waals surface area contributed by atoms with Gasteiger partial charge in [-0.05, 0) is 13.8 Å². The average Bonchev–Trinajstić information content (AvgIpc) is 2.21. The molecule has 5 heteroatoms. The highest BCUT2D eigenvalue weighted by Crippen LogP contribution is 1.98. The molecule has 0 saturated heterocycles. The van der Waals surface area contributed by atoms with Crippen molar-refractivity contribution in [1.82, 2.24) is 0 Å². The number of rotatable bonds is 7. The van der Waals surface area contributed by atoms with E-state index in [0.717, 1.165) is 0 Å². The second kappa shape index (κ2) is 15.2. The fraction of sp³-hybridized carbons (Fsp3) is 0.700. The van der Waals surface area contributed by atoms with Crippen LogP contribution in [0.1, 0.15) is 26.7 Å². The molecule has 0 atom stereocenters. The molecule has 0 aromatic carbocycles. The lowest BCUT2D eigenvalue weighted by Gasteiger charge is -2.12. The quantitative estimate of drug-likeness (QED) is 0.360. The molecule has 0 saturated carbocycles. The third-order valence-corrected chi connectivity index (χ3v) is 1.16. The summed E-state index contributed by atoms with van der Waals surface area (Å²) < 4.78 is 10.2. The SMILES string of the molecule is CCOC(CC#N)OCC.O=CCC=O. The van der Waals surface area contributed by atoms with Crippen molar-refractivity contribution in [2.75, 3.05) is 13.2 Å². The number of nitriles is 1. The lowest BCUT2D eigenvalue weighted by Crippen LogP contribution is -2.16. The molecule has 0 N–H and O–H groups in total. The molecule has 0 unspecified atom stereocenters. The van der Waals surface area contributed by atoms with Crippen LogP contribution in [0.2, 0.25) is 0 Å². The van der Waals surface area contributed by atoms with Gasteiger partial charge in [0.25, 0.3) is 0 Å². The number of nitrogens with zero attached hydrogens (tertiary/aromatic N) is 1. The smallest absolute Gasteiger partial charge is 0.170 e. The van der Waals surface area contributed by atoms with Gasteiger partial charge in [0.15, 0.2) is 6.29 Å². The van der Waals surface area contributed by atoms with Crippen molar-refractivity contribution in [2.45, 2.75) is 33.0 Å². The van der Waals surface area contributed by atoms with Crippen LogP contribution in [0.15, 0.2) is 0 Å². The monoisotopic (exact) mass is 215 g/mol. The van der Waals surface area contributed by atoms with E-state index in [1.807, 2.05) is 19.9 Å². The van der Waals surface area contributed by atoms with Crippen molar-refractivity contribution in [2.24, 2.45) is 0 Å². The molecule has 0 aliphatic heterocycles. The van der Waals surface area contributed by atoms with E-state index >= 15 is 0 Å². The van der Waals surface area contributed by atoms with Gasteiger partial charge in [-0.15, -0.1) is 0 Å². The topological polar surface area (TPSA) is 76.4 Å². The fourth-order valence-corrected chi connectivity index (χ4v) is 0.652. The summed E-state index contributed by atoms with van der Waals surface area (Å²) in [6, 6.07) is 1.99. The van der Waals surface area contributed by atoms with Gasteiger partial charge in [-0.2, -0.15) is 5.26 Å². The van der Waals surface area contributed by atoms with Gasteiger partial charge in [-0.1, -0.05) is 0 Å². The second-order valence-corrected chi connectivity index (χ2v) is 2.27. The van der Waals surface area contributed by atoms with Crippen LogP contribution >= 0.6 is 0 Å². The highest BCUT2D eigenvalue weighted by Gasteiger charge is 2.04. The Balaban J connectivity index is 0. The highest BCUT2D eigenvalue weighted by atomic mass is 16.7. The maximum atomic E-state index is 9.17. The van der Waals surface area contributed by atoms with E-state index in [4.69, 9.17) is 14.7 Å². The Kier molecular flexibility index (Phi) is 16.4. The molecule has 0 aromatic heterocycles. The Hall–Kier alpha value is -1.25. The Morgan fingerprint density at radius 3 is 1.87 bits per heavy atom. The van der Waals surface area contributed by atoms with Crippen molar-refractivity contribution in [3.05, 3.63) is 0 Å². The molecular weight excluding hydrogens is 198 g/mol. The molecule has 0 aliphatic carbocycles. The second-order valence-electron chi connectivity index (χ2n) is 2.27. The van der Waals surface area contributed by atoms with E-state index < -0.39 is 0 Å². The predicted molar refractivity (Wildman–Crippen MR) is 54.0 cm³/mol. The van der Waals surface area contributed by atoms with E-state index in [-0.39, 0.29) is 12.7 Å². The van der Waals surface area contributed by atoms with Crippen LogP contribution in [0, 0.1) is 11.3 Å². The first-order valence-electron chi connectivity index (χ1n) is 4.74. The third kappa shape index (κ3) is 15.5. The molecule has 86 valence electrons. The van der Waals surface area contributed by atoms with E-state index in [0.29, 0.717) is 32.2 Å².